The number of aliphatic imine (C=N–C) groups is 2. The number of nitrogens with zero attached hydrogens (tertiary/aromatic N) is 3. The highest BCUT2D eigenvalue weighted by Crippen LogP contribution is 2.25. The summed E-state index contributed by atoms with van der Waals surface area (Å²) >= 11 is 0. The molecule has 1 fully saturated rings. The SMILES string of the molecule is CC(=O)N[C@@H](Cc1ccc2ccccc2c1)C(=O)N[C@@H](Cc1ccc2ccccc2c1)C(=O)N[C@H](Cc1c[nH]c2ccccc12)C(=O)N[C@@H](CO)C(=O)N[C@@H](Cc1ccc(O)cc1)C(=O)N[C@@H](CCCN=C(N)N)C(=O)N[C@@H](Cc1ccc(O)cc1)C(=O)N[C@@H](CCCN=C(N)N)C(=O)N1CCC[C@H]1C(=O)N[C@@H](C)C(N)=O. The molecule has 1 aliphatic rings. The van der Waals surface area contributed by atoms with E-state index in [4.69, 9.17) is 28.7 Å². The molecule has 7 aromatic carbocycles. The van der Waals surface area contributed by atoms with Crippen LogP contribution in [0.4, 0.5) is 0 Å². The number of aliphatic hydroxyl groups excluding tert-OH is 1. The number of guanidine groups is 2. The molecule has 32 heteroatoms. The van der Waals surface area contributed by atoms with Gasteiger partial charge in [0.05, 0.1) is 6.61 Å². The number of hydrogen-bond acceptors (Lipinski definition) is 16. The highest BCUT2D eigenvalue weighted by molar-refractivity contribution is 6.00. The number of aliphatic hydroxyl groups is 1. The van der Waals surface area contributed by atoms with Gasteiger partial charge in [-0.1, -0.05) is 127 Å². The van der Waals surface area contributed by atoms with Crippen molar-refractivity contribution in [3.63, 3.8) is 0 Å². The van der Waals surface area contributed by atoms with E-state index in [2.05, 4.69) is 62.8 Å². The zero-order valence-electron chi connectivity index (χ0n) is 62.0. The number of para-hydroxylation sites is 1. The van der Waals surface area contributed by atoms with Crippen molar-refractivity contribution < 1.29 is 68.1 Å². The fraction of sp³-hybridized carbons (Fsp3) is 0.338. The minimum absolute atomic E-state index is 0.0182. The molecule has 11 amide bonds. The first-order valence-corrected chi connectivity index (χ1v) is 36.8. The van der Waals surface area contributed by atoms with Crippen molar-refractivity contribution in [1.29, 1.82) is 0 Å². The number of carbonyl (C=O) groups excluding carboxylic acids is 11. The molecule has 0 unspecified atom stereocenters. The van der Waals surface area contributed by atoms with Gasteiger partial charge in [0.25, 0.3) is 0 Å². The lowest BCUT2D eigenvalue weighted by molar-refractivity contribution is -0.142. The van der Waals surface area contributed by atoms with Crippen LogP contribution < -0.4 is 76.5 Å². The molecule has 9 rings (SSSR count). The lowest BCUT2D eigenvalue weighted by Crippen LogP contribution is -2.61. The highest BCUT2D eigenvalue weighted by atomic mass is 16.3. The maximum atomic E-state index is 15.3. The zero-order valence-corrected chi connectivity index (χ0v) is 62.0. The third kappa shape index (κ3) is 23.9. The summed E-state index contributed by atoms with van der Waals surface area (Å²) in [4.78, 5) is 171. The second-order valence-electron chi connectivity index (χ2n) is 27.7. The van der Waals surface area contributed by atoms with E-state index < -0.39 is 132 Å². The number of nitrogens with two attached hydrogens (primary N) is 5. The van der Waals surface area contributed by atoms with Gasteiger partial charge in [-0.3, -0.25) is 62.7 Å². The molecule has 2 heterocycles. The van der Waals surface area contributed by atoms with Crippen molar-refractivity contribution in [3.8, 4) is 11.5 Å². The molecule has 0 aliphatic carbocycles. The van der Waals surface area contributed by atoms with Gasteiger partial charge >= 0.3 is 0 Å². The molecule has 0 bridgehead atoms. The number of fused-ring (bicyclic) bond motifs is 3. The number of carbonyl (C=O) groups is 11. The van der Waals surface area contributed by atoms with E-state index in [0.29, 0.717) is 45.1 Å². The monoisotopic (exact) mass is 1530 g/mol. The smallest absolute Gasteiger partial charge is 0.245 e. The minimum Gasteiger partial charge on any atom is -0.508 e. The average molecular weight is 1530 g/mol. The molecule has 1 saturated heterocycles. The molecule has 32 nitrogen and oxygen atoms in total. The molecule has 10 atom stereocenters. The molecule has 0 saturated carbocycles. The van der Waals surface area contributed by atoms with Gasteiger partial charge in [0.1, 0.15) is 71.9 Å². The normalized spacial score (nSPS) is 14.9. The molecule has 8 aromatic rings. The summed E-state index contributed by atoms with van der Waals surface area (Å²) in [7, 11) is 0. The number of rotatable bonds is 38. The number of aromatic hydroxyl groups is 2. The van der Waals surface area contributed by atoms with Gasteiger partial charge in [0.15, 0.2) is 11.9 Å². The molecule has 112 heavy (non-hydrogen) atoms. The largest absolute Gasteiger partial charge is 0.508 e. The Balaban J connectivity index is 0.990. The molecular weight excluding hydrogens is 1440 g/mol. The van der Waals surface area contributed by atoms with Crippen LogP contribution in [0.1, 0.15) is 80.2 Å². The zero-order chi connectivity index (χ0) is 80.5. The second kappa shape index (κ2) is 39.8. The van der Waals surface area contributed by atoms with Gasteiger partial charge in [0.2, 0.25) is 65.0 Å². The van der Waals surface area contributed by atoms with E-state index in [1.165, 1.54) is 67.3 Å². The van der Waals surface area contributed by atoms with Crippen LogP contribution in [0.3, 0.4) is 0 Å². The van der Waals surface area contributed by atoms with Crippen molar-refractivity contribution >= 4 is 109 Å². The van der Waals surface area contributed by atoms with E-state index in [-0.39, 0.29) is 107 Å². The Kier molecular flexibility index (Phi) is 29.5. The maximum absolute atomic E-state index is 15.3. The highest BCUT2D eigenvalue weighted by Gasteiger charge is 2.40. The topological polar surface area (TPSA) is 531 Å². The Morgan fingerprint density at radius 1 is 0.464 bits per heavy atom. The third-order valence-electron chi connectivity index (χ3n) is 19.2. The number of aromatic amines is 1. The lowest BCUT2D eigenvalue weighted by Gasteiger charge is -2.30. The number of hydrogen-bond donors (Lipinski definition) is 18. The number of phenolic OH excluding ortho intramolecular Hbond substituents is 2. The number of benzene rings is 7. The maximum Gasteiger partial charge on any atom is 0.245 e. The predicted octanol–water partition coefficient (Wildman–Crippen LogP) is 0.378. The molecule has 0 spiro atoms. The van der Waals surface area contributed by atoms with Crippen LogP contribution in [-0.4, -0.2) is 189 Å². The van der Waals surface area contributed by atoms with Crippen LogP contribution in [0, 0.1) is 0 Å². The van der Waals surface area contributed by atoms with Crippen LogP contribution in [0.25, 0.3) is 32.4 Å². The number of amides is 11. The molecule has 1 aliphatic heterocycles. The van der Waals surface area contributed by atoms with E-state index in [0.717, 1.165) is 21.5 Å². The fourth-order valence-corrected chi connectivity index (χ4v) is 13.3. The summed E-state index contributed by atoms with van der Waals surface area (Å²) in [6, 6.07) is 30.3. The first kappa shape index (κ1) is 82.9. The standard InChI is InChI=1S/C80H96N18O14/c1-45(69(81)103)89-77(111)68-20-11-35-98(68)78(112)61(19-10-34-87-80(84)85)92-73(107)64(39-48-25-31-57(102)32-26-48)93-70(104)60(18-9-33-86-79(82)83)91-72(106)63(38-47-23-29-56(101)30-24-47)95-76(110)67(44-99)97-75(109)66(42-55-43-88-59-17-8-7-16-58(55)59)96-74(108)65(41-50-22-28-52-13-4-6-15-54(52)37-50)94-71(105)62(90-46(2)100)40-49-21-27-51-12-3-5-14-53(51)36-49/h3-8,12-17,21-32,36-37,43,45,60-68,88,99,101-102H,9-11,18-20,33-35,38-42,44H2,1-2H3,(H2,81,103)(H,89,111)(H,90,100)(H,91,106)(H,92,107)(H,93,104)(H,94,105)(H,95,110)(H,96,108)(H,97,109)(H4,82,83,86)(H4,84,85,87)/t45-,60-,61-,62-,63-,64-,65-,66+,67-,68-/m0/s1. The van der Waals surface area contributed by atoms with Crippen LogP contribution in [0.2, 0.25) is 0 Å². The number of aromatic nitrogens is 1. The van der Waals surface area contributed by atoms with Crippen molar-refractivity contribution in [2.45, 2.75) is 145 Å². The number of phenols is 2. The quantitative estimate of drug-likeness (QED) is 0.0141. The minimum atomic E-state index is -1.87. The summed E-state index contributed by atoms with van der Waals surface area (Å²) in [5, 5.41) is 60.2. The molecule has 0 radical (unpaired) electrons. The first-order chi connectivity index (χ1) is 53.7. The van der Waals surface area contributed by atoms with E-state index in [9.17, 15) is 48.9 Å². The average Bonchev–Trinajstić information content (AvgIpc) is 1.69. The molecule has 1 aromatic heterocycles. The van der Waals surface area contributed by atoms with Gasteiger partial charge in [-0.15, -0.1) is 0 Å². The van der Waals surface area contributed by atoms with E-state index >= 15 is 19.2 Å². The first-order valence-electron chi connectivity index (χ1n) is 36.8. The summed E-state index contributed by atoms with van der Waals surface area (Å²) in [6.07, 6.45) is 1.11. The number of nitrogens with one attached hydrogen (secondary N) is 10. The molecule has 23 N–H and O–H groups in total. The van der Waals surface area contributed by atoms with Gasteiger partial charge in [0, 0.05) is 75.8 Å². The van der Waals surface area contributed by atoms with Crippen LogP contribution in [0.15, 0.2) is 174 Å². The Morgan fingerprint density at radius 3 is 1.33 bits per heavy atom. The van der Waals surface area contributed by atoms with Crippen LogP contribution >= 0.6 is 0 Å². The Labute approximate surface area is 645 Å². The lowest BCUT2D eigenvalue weighted by atomic mass is 9.98. The predicted molar refractivity (Wildman–Crippen MR) is 420 cm³/mol. The molecular formula is C80H96N18O14. The summed E-state index contributed by atoms with van der Waals surface area (Å²) in [5.41, 5.74) is 31.3. The van der Waals surface area contributed by atoms with Crippen LogP contribution in [0.5, 0.6) is 11.5 Å². The molecule has 590 valence electrons. The number of H-pyrrole nitrogens is 1. The van der Waals surface area contributed by atoms with Gasteiger partial charge in [-0.05, 0) is 125 Å². The fourth-order valence-electron chi connectivity index (χ4n) is 13.3. The summed E-state index contributed by atoms with van der Waals surface area (Å²) in [5.74, 6) is -10.1. The number of likely N-dealkylation sites (tertiary alicyclic amines) is 1. The number of primary amides is 1. The Bertz CT molecular complexity index is 4760. The van der Waals surface area contributed by atoms with E-state index in [1.807, 2.05) is 78.9 Å². The van der Waals surface area contributed by atoms with Gasteiger partial charge in [-0.2, -0.15) is 0 Å². The summed E-state index contributed by atoms with van der Waals surface area (Å²) in [6.45, 7) is 1.60. The third-order valence-corrected chi connectivity index (χ3v) is 19.2. The van der Waals surface area contributed by atoms with Crippen molar-refractivity contribution in [2.24, 2.45) is 38.7 Å². The van der Waals surface area contributed by atoms with Gasteiger partial charge < -0.3 is 102 Å². The van der Waals surface area contributed by atoms with Gasteiger partial charge in [-0.25, -0.2) is 0 Å². The van der Waals surface area contributed by atoms with Crippen molar-refractivity contribution in [2.75, 3.05) is 26.2 Å². The van der Waals surface area contributed by atoms with Crippen molar-refractivity contribution in [1.82, 2.24) is 57.7 Å². The van der Waals surface area contributed by atoms with Crippen LogP contribution in [-0.2, 0) is 84.8 Å². The van der Waals surface area contributed by atoms with E-state index in [1.54, 1.807) is 36.5 Å². The Hall–Kier alpha value is -13.1. The second-order valence-corrected chi connectivity index (χ2v) is 27.7. The Morgan fingerprint density at radius 2 is 0.857 bits per heavy atom. The summed E-state index contributed by atoms with van der Waals surface area (Å²) < 4.78 is 0. The van der Waals surface area contributed by atoms with Crippen molar-refractivity contribution in [3.05, 3.63) is 192 Å².